The van der Waals surface area contributed by atoms with E-state index in [1.165, 1.54) is 11.1 Å². The van der Waals surface area contributed by atoms with Gasteiger partial charge in [0.1, 0.15) is 11.8 Å². The monoisotopic (exact) mass is 629 g/mol. The van der Waals surface area contributed by atoms with Crippen LogP contribution in [0.15, 0.2) is 103 Å². The molecule has 1 heterocycles. The smallest absolute Gasteiger partial charge is 0.247 e. The molecule has 4 aromatic rings. The first kappa shape index (κ1) is 33.7. The van der Waals surface area contributed by atoms with Crippen LogP contribution in [-0.2, 0) is 35.5 Å². The fourth-order valence-corrected chi connectivity index (χ4v) is 6.24. The minimum atomic E-state index is -0.653. The summed E-state index contributed by atoms with van der Waals surface area (Å²) in [5, 5.41) is 0. The third-order valence-corrected chi connectivity index (χ3v) is 9.34. The van der Waals surface area contributed by atoms with E-state index in [4.69, 9.17) is 4.74 Å². The summed E-state index contributed by atoms with van der Waals surface area (Å²) < 4.78 is 5.49. The maximum Gasteiger partial charge on any atom is 0.247 e. The number of piperazine rings is 1. The van der Waals surface area contributed by atoms with Crippen molar-refractivity contribution in [2.24, 2.45) is 0 Å². The zero-order chi connectivity index (χ0) is 33.2. The summed E-state index contributed by atoms with van der Waals surface area (Å²) in [6.45, 7) is 10.2. The predicted octanol–water partition coefficient (Wildman–Crippen LogP) is 6.87. The molecule has 0 unspecified atom stereocenters. The molecule has 0 radical (unpaired) electrons. The summed E-state index contributed by atoms with van der Waals surface area (Å²) in [5.74, 6) is 0.631. The normalized spacial score (nSPS) is 14.3. The van der Waals surface area contributed by atoms with Gasteiger partial charge in [-0.05, 0) is 71.4 Å². The average molecular weight is 630 g/mol. The molecule has 47 heavy (non-hydrogen) atoms. The van der Waals surface area contributed by atoms with Gasteiger partial charge in [0, 0.05) is 51.8 Å². The van der Waals surface area contributed by atoms with Crippen LogP contribution in [0.5, 0.6) is 5.75 Å². The Balaban J connectivity index is 1.43. The van der Waals surface area contributed by atoms with Crippen LogP contribution in [0.2, 0.25) is 0 Å². The largest absolute Gasteiger partial charge is 0.496 e. The lowest BCUT2D eigenvalue weighted by Crippen LogP contribution is -2.56. The number of hydrogen-bond acceptors (Lipinski definition) is 4. The molecule has 0 spiro atoms. The highest BCUT2D eigenvalue weighted by Crippen LogP contribution is 2.25. The number of methoxy groups -OCH3 is 1. The fraction of sp³-hybridized carbons (Fsp3) is 0.317. The molecule has 1 atom stereocenters. The molecule has 0 bridgehead atoms. The highest BCUT2D eigenvalue weighted by molar-refractivity contribution is 5.96. The van der Waals surface area contributed by atoms with Crippen LogP contribution < -0.4 is 4.74 Å². The first-order valence-corrected chi connectivity index (χ1v) is 16.7. The van der Waals surface area contributed by atoms with Crippen molar-refractivity contribution in [3.63, 3.8) is 0 Å². The van der Waals surface area contributed by atoms with Gasteiger partial charge in [0.2, 0.25) is 11.8 Å². The van der Waals surface area contributed by atoms with E-state index in [0.29, 0.717) is 26.1 Å². The number of nitrogens with zero attached hydrogens (tertiary/aromatic N) is 3. The molecule has 0 N–H and O–H groups in total. The first-order chi connectivity index (χ1) is 22.9. The lowest BCUT2D eigenvalue weighted by Gasteiger charge is -2.39. The highest BCUT2D eigenvalue weighted by Gasteiger charge is 2.34. The number of aryl methyl sites for hydroxylation is 1. The van der Waals surface area contributed by atoms with E-state index >= 15 is 0 Å². The van der Waals surface area contributed by atoms with Gasteiger partial charge in [-0.2, -0.15) is 0 Å². The van der Waals surface area contributed by atoms with E-state index in [9.17, 15) is 9.59 Å². The Morgan fingerprint density at radius 2 is 1.38 bits per heavy atom. The molecule has 0 aliphatic carbocycles. The van der Waals surface area contributed by atoms with Crippen molar-refractivity contribution in [1.82, 2.24) is 14.7 Å². The zero-order valence-corrected chi connectivity index (χ0v) is 28.2. The summed E-state index contributed by atoms with van der Waals surface area (Å²) in [5.41, 5.74) is 7.58. The van der Waals surface area contributed by atoms with Crippen molar-refractivity contribution in [2.75, 3.05) is 33.3 Å². The van der Waals surface area contributed by atoms with Crippen LogP contribution in [0.4, 0.5) is 0 Å². The van der Waals surface area contributed by atoms with Crippen molar-refractivity contribution < 1.29 is 14.3 Å². The number of hydrogen-bond donors (Lipinski definition) is 0. The van der Waals surface area contributed by atoms with Crippen LogP contribution in [0.3, 0.4) is 0 Å². The first-order valence-electron chi connectivity index (χ1n) is 16.7. The number of amides is 2. The Bertz CT molecular complexity index is 1640. The molecule has 0 saturated carbocycles. The lowest BCUT2D eigenvalue weighted by molar-refractivity contribution is -0.145. The molecular weight excluding hydrogens is 582 g/mol. The number of benzene rings is 4. The third kappa shape index (κ3) is 8.78. The number of carbonyl (C=O) groups excluding carboxylic acids is 2. The second kappa shape index (κ2) is 16.2. The topological polar surface area (TPSA) is 53.1 Å². The van der Waals surface area contributed by atoms with Crippen LogP contribution in [-0.4, -0.2) is 65.8 Å². The molecule has 4 aromatic carbocycles. The average Bonchev–Trinajstić information content (AvgIpc) is 3.11. The van der Waals surface area contributed by atoms with Gasteiger partial charge in [-0.25, -0.2) is 0 Å². The Kier molecular flexibility index (Phi) is 11.6. The summed E-state index contributed by atoms with van der Waals surface area (Å²) in [7, 11) is 1.67. The summed E-state index contributed by atoms with van der Waals surface area (Å²) in [6.07, 6.45) is 4.87. The van der Waals surface area contributed by atoms with Crippen molar-refractivity contribution in [2.45, 2.75) is 52.7 Å². The van der Waals surface area contributed by atoms with E-state index < -0.39 is 6.04 Å². The summed E-state index contributed by atoms with van der Waals surface area (Å²) >= 11 is 0. The van der Waals surface area contributed by atoms with Gasteiger partial charge in [-0.15, -0.1) is 0 Å². The Morgan fingerprint density at radius 1 is 0.766 bits per heavy atom. The summed E-state index contributed by atoms with van der Waals surface area (Å²) in [6, 6.07) is 32.1. The maximum atomic E-state index is 14.5. The molecule has 1 aliphatic rings. The fourth-order valence-electron chi connectivity index (χ4n) is 6.24. The zero-order valence-electron chi connectivity index (χ0n) is 28.2. The van der Waals surface area contributed by atoms with Crippen molar-refractivity contribution in [3.8, 4) is 5.75 Å². The molecule has 1 aliphatic heterocycles. The van der Waals surface area contributed by atoms with Crippen LogP contribution in [0.1, 0.15) is 45.9 Å². The second-order valence-electron chi connectivity index (χ2n) is 12.4. The molecule has 244 valence electrons. The van der Waals surface area contributed by atoms with E-state index in [1.54, 1.807) is 18.1 Å². The SMILES string of the molecule is CCc1ccc(CN(C(=O)/C=C/c2ccc(OC)c(C)c2C)[C@@H](Cc2ccccc2)C(=O)N2CCN(Cc3ccccc3)CC2)cc1. The molecule has 6 nitrogen and oxygen atoms in total. The van der Waals surface area contributed by atoms with Gasteiger partial charge >= 0.3 is 0 Å². The van der Waals surface area contributed by atoms with Crippen LogP contribution in [0.25, 0.3) is 6.08 Å². The van der Waals surface area contributed by atoms with Gasteiger partial charge in [-0.3, -0.25) is 14.5 Å². The number of carbonyl (C=O) groups is 2. The Hall–Kier alpha value is -4.68. The van der Waals surface area contributed by atoms with E-state index in [0.717, 1.165) is 59.6 Å². The molecule has 2 amide bonds. The minimum Gasteiger partial charge on any atom is -0.496 e. The van der Waals surface area contributed by atoms with Gasteiger partial charge in [0.25, 0.3) is 0 Å². The van der Waals surface area contributed by atoms with Gasteiger partial charge < -0.3 is 14.5 Å². The summed E-state index contributed by atoms with van der Waals surface area (Å²) in [4.78, 5) is 34.9. The molecular formula is C41H47N3O3. The Morgan fingerprint density at radius 3 is 2.00 bits per heavy atom. The standard InChI is InChI=1S/C41H47N3O3/c1-5-33-16-18-36(19-17-33)30-44(40(45)23-21-37-20-22-39(47-4)32(3)31(37)2)38(28-34-12-8-6-9-13-34)41(46)43-26-24-42(25-27-43)29-35-14-10-7-11-15-35/h6-23,38H,5,24-30H2,1-4H3/b23-21+/t38-/m0/s1. The highest BCUT2D eigenvalue weighted by atomic mass is 16.5. The molecule has 6 heteroatoms. The molecule has 0 aromatic heterocycles. The number of ether oxygens (including phenoxy) is 1. The lowest BCUT2D eigenvalue weighted by atomic mass is 10.00. The van der Waals surface area contributed by atoms with Crippen LogP contribution >= 0.6 is 0 Å². The minimum absolute atomic E-state index is 0.00313. The molecule has 1 saturated heterocycles. The van der Waals surface area contributed by atoms with E-state index in [1.807, 2.05) is 73.4 Å². The predicted molar refractivity (Wildman–Crippen MR) is 190 cm³/mol. The Labute approximate surface area is 280 Å². The van der Waals surface area contributed by atoms with Crippen LogP contribution in [0, 0.1) is 13.8 Å². The molecule has 5 rings (SSSR count). The van der Waals surface area contributed by atoms with Crippen molar-refractivity contribution in [1.29, 1.82) is 0 Å². The maximum absolute atomic E-state index is 14.5. The van der Waals surface area contributed by atoms with Gasteiger partial charge in [0.05, 0.1) is 7.11 Å². The van der Waals surface area contributed by atoms with E-state index in [2.05, 4.69) is 60.4 Å². The number of rotatable bonds is 12. The third-order valence-electron chi connectivity index (χ3n) is 9.34. The van der Waals surface area contributed by atoms with Crippen molar-refractivity contribution >= 4 is 17.9 Å². The van der Waals surface area contributed by atoms with Gasteiger partial charge in [0.15, 0.2) is 0 Å². The van der Waals surface area contributed by atoms with E-state index in [-0.39, 0.29) is 11.8 Å². The quantitative estimate of drug-likeness (QED) is 0.161. The molecule has 1 fully saturated rings. The van der Waals surface area contributed by atoms with Gasteiger partial charge in [-0.1, -0.05) is 97.9 Å². The van der Waals surface area contributed by atoms with Crippen molar-refractivity contribution in [3.05, 3.63) is 142 Å². The second-order valence-corrected chi connectivity index (χ2v) is 12.4.